The second kappa shape index (κ2) is 10.8. The first kappa shape index (κ1) is 22.6. The van der Waals surface area contributed by atoms with Gasteiger partial charge in [-0.05, 0) is 49.6 Å². The maximum absolute atomic E-state index is 13.3. The van der Waals surface area contributed by atoms with Crippen LogP contribution in [-0.2, 0) is 16.1 Å². The van der Waals surface area contributed by atoms with E-state index in [0.717, 1.165) is 31.2 Å². The Morgan fingerprint density at radius 1 is 1.10 bits per heavy atom. The number of para-hydroxylation sites is 2. The Hall–Kier alpha value is -3.09. The molecule has 0 spiro atoms. The topological polar surface area (TPSA) is 67.9 Å². The van der Waals surface area contributed by atoms with Gasteiger partial charge in [-0.1, -0.05) is 37.1 Å². The number of carbonyl (C=O) groups excluding carboxylic acids is 2. The highest BCUT2D eigenvalue weighted by molar-refractivity contribution is 5.88. The molecule has 31 heavy (non-hydrogen) atoms. The Bertz CT molecular complexity index is 881. The van der Waals surface area contributed by atoms with Gasteiger partial charge in [0.1, 0.15) is 11.9 Å². The molecule has 3 rings (SSSR count). The number of hydrogen-bond acceptors (Lipinski definition) is 4. The van der Waals surface area contributed by atoms with Crippen molar-refractivity contribution in [2.45, 2.75) is 51.2 Å². The third kappa shape index (κ3) is 6.20. The minimum absolute atomic E-state index is 0.155. The summed E-state index contributed by atoms with van der Waals surface area (Å²) in [6.07, 6.45) is 4.12. The SMILES string of the molecule is COc1ccccc1OCC(=O)N(Cc1ccc(F)cc1)[C@H](C)C(=O)NC1CCCC1. The van der Waals surface area contributed by atoms with Crippen LogP contribution in [0.1, 0.15) is 38.2 Å². The van der Waals surface area contributed by atoms with Crippen LogP contribution in [0.15, 0.2) is 48.5 Å². The van der Waals surface area contributed by atoms with E-state index in [1.807, 2.05) is 6.07 Å². The van der Waals surface area contributed by atoms with Gasteiger partial charge < -0.3 is 19.7 Å². The predicted octanol–water partition coefficient (Wildman–Crippen LogP) is 3.69. The Labute approximate surface area is 182 Å². The lowest BCUT2D eigenvalue weighted by Crippen LogP contribution is -2.50. The van der Waals surface area contributed by atoms with Crippen molar-refractivity contribution in [2.75, 3.05) is 13.7 Å². The van der Waals surface area contributed by atoms with E-state index in [1.54, 1.807) is 37.3 Å². The molecule has 1 fully saturated rings. The van der Waals surface area contributed by atoms with E-state index < -0.39 is 6.04 Å². The first-order chi connectivity index (χ1) is 15.0. The number of benzene rings is 2. The van der Waals surface area contributed by atoms with Crippen molar-refractivity contribution < 1.29 is 23.5 Å². The number of hydrogen-bond donors (Lipinski definition) is 1. The van der Waals surface area contributed by atoms with Gasteiger partial charge >= 0.3 is 0 Å². The van der Waals surface area contributed by atoms with Crippen molar-refractivity contribution in [3.05, 3.63) is 59.9 Å². The van der Waals surface area contributed by atoms with Gasteiger partial charge in [0, 0.05) is 12.6 Å². The van der Waals surface area contributed by atoms with Gasteiger partial charge in [-0.2, -0.15) is 0 Å². The third-order valence-corrected chi connectivity index (χ3v) is 5.56. The number of amides is 2. The average Bonchev–Trinajstić information content (AvgIpc) is 3.29. The molecule has 2 aromatic rings. The molecule has 6 nitrogen and oxygen atoms in total. The van der Waals surface area contributed by atoms with Crippen molar-refractivity contribution in [3.8, 4) is 11.5 Å². The highest BCUT2D eigenvalue weighted by atomic mass is 19.1. The molecule has 7 heteroatoms. The number of rotatable bonds is 9. The second-order valence-electron chi connectivity index (χ2n) is 7.75. The molecule has 1 aliphatic rings. The van der Waals surface area contributed by atoms with Gasteiger partial charge in [0.05, 0.1) is 7.11 Å². The van der Waals surface area contributed by atoms with E-state index in [1.165, 1.54) is 24.1 Å². The quantitative estimate of drug-likeness (QED) is 0.662. The number of nitrogens with zero attached hydrogens (tertiary/aromatic N) is 1. The van der Waals surface area contributed by atoms with Crippen molar-refractivity contribution in [1.82, 2.24) is 10.2 Å². The molecule has 0 aliphatic heterocycles. The number of halogens is 1. The molecular formula is C24H29FN2O4. The summed E-state index contributed by atoms with van der Waals surface area (Å²) in [5.41, 5.74) is 0.729. The van der Waals surface area contributed by atoms with Crippen LogP contribution in [-0.4, -0.2) is 42.5 Å². The van der Waals surface area contributed by atoms with Crippen molar-refractivity contribution >= 4 is 11.8 Å². The monoisotopic (exact) mass is 428 g/mol. The normalized spacial score (nSPS) is 14.7. The van der Waals surface area contributed by atoms with Crippen molar-refractivity contribution in [3.63, 3.8) is 0 Å². The summed E-state index contributed by atoms with van der Waals surface area (Å²) in [5.74, 6) is 0.0765. The highest BCUT2D eigenvalue weighted by Crippen LogP contribution is 2.26. The highest BCUT2D eigenvalue weighted by Gasteiger charge is 2.29. The summed E-state index contributed by atoms with van der Waals surface area (Å²) in [6, 6.07) is 12.4. The maximum atomic E-state index is 13.3. The Kier molecular flexibility index (Phi) is 7.87. The summed E-state index contributed by atoms with van der Waals surface area (Å²) in [6.45, 7) is 1.63. The van der Waals surface area contributed by atoms with Gasteiger partial charge in [-0.25, -0.2) is 4.39 Å². The van der Waals surface area contributed by atoms with Crippen LogP contribution in [0.3, 0.4) is 0 Å². The van der Waals surface area contributed by atoms with E-state index in [4.69, 9.17) is 9.47 Å². The fourth-order valence-corrected chi connectivity index (χ4v) is 3.72. The summed E-state index contributed by atoms with van der Waals surface area (Å²) in [5, 5.41) is 3.05. The Balaban J connectivity index is 1.72. The standard InChI is InChI=1S/C24H29FN2O4/c1-17(24(29)26-20-7-3-4-8-20)27(15-18-11-13-19(25)14-12-18)23(28)16-31-22-10-6-5-9-21(22)30-2/h5-6,9-14,17,20H,3-4,7-8,15-16H2,1-2H3,(H,26,29)/t17-/m1/s1. The molecule has 2 aromatic carbocycles. The molecular weight excluding hydrogens is 399 g/mol. The first-order valence-electron chi connectivity index (χ1n) is 10.6. The molecule has 0 bridgehead atoms. The van der Waals surface area contributed by atoms with Crippen LogP contribution < -0.4 is 14.8 Å². The van der Waals surface area contributed by atoms with E-state index >= 15 is 0 Å². The fraction of sp³-hybridized carbons (Fsp3) is 0.417. The molecule has 1 aliphatic carbocycles. The minimum Gasteiger partial charge on any atom is -0.493 e. The molecule has 0 unspecified atom stereocenters. The number of methoxy groups -OCH3 is 1. The molecule has 0 heterocycles. The zero-order valence-electron chi connectivity index (χ0n) is 18.0. The van der Waals surface area contributed by atoms with Crippen LogP contribution in [0.5, 0.6) is 11.5 Å². The smallest absolute Gasteiger partial charge is 0.261 e. The van der Waals surface area contributed by atoms with Crippen molar-refractivity contribution in [1.29, 1.82) is 0 Å². The zero-order chi connectivity index (χ0) is 22.2. The van der Waals surface area contributed by atoms with E-state index in [0.29, 0.717) is 11.5 Å². The summed E-state index contributed by atoms with van der Waals surface area (Å²) < 4.78 is 24.2. The van der Waals surface area contributed by atoms with Gasteiger partial charge in [0.15, 0.2) is 18.1 Å². The Morgan fingerprint density at radius 2 is 1.74 bits per heavy atom. The van der Waals surface area contributed by atoms with Gasteiger partial charge in [0.2, 0.25) is 5.91 Å². The number of nitrogens with one attached hydrogen (secondary N) is 1. The lowest BCUT2D eigenvalue weighted by Gasteiger charge is -2.29. The lowest BCUT2D eigenvalue weighted by atomic mass is 10.1. The predicted molar refractivity (Wildman–Crippen MR) is 115 cm³/mol. The molecule has 166 valence electrons. The molecule has 1 atom stereocenters. The molecule has 0 aromatic heterocycles. The van der Waals surface area contributed by atoms with E-state index in [2.05, 4.69) is 5.32 Å². The summed E-state index contributed by atoms with van der Waals surface area (Å²) in [7, 11) is 1.53. The van der Waals surface area contributed by atoms with Crippen LogP contribution in [0, 0.1) is 5.82 Å². The van der Waals surface area contributed by atoms with Crippen molar-refractivity contribution in [2.24, 2.45) is 0 Å². The van der Waals surface area contributed by atoms with Gasteiger partial charge in [-0.3, -0.25) is 9.59 Å². The molecule has 0 radical (unpaired) electrons. The van der Waals surface area contributed by atoms with E-state index in [9.17, 15) is 14.0 Å². The fourth-order valence-electron chi connectivity index (χ4n) is 3.72. The zero-order valence-corrected chi connectivity index (χ0v) is 18.0. The summed E-state index contributed by atoms with van der Waals surface area (Å²) in [4.78, 5) is 27.4. The van der Waals surface area contributed by atoms with Crippen LogP contribution in [0.25, 0.3) is 0 Å². The number of ether oxygens (including phenoxy) is 2. The Morgan fingerprint density at radius 3 is 2.39 bits per heavy atom. The van der Waals surface area contributed by atoms with Gasteiger partial charge in [-0.15, -0.1) is 0 Å². The largest absolute Gasteiger partial charge is 0.493 e. The van der Waals surface area contributed by atoms with Gasteiger partial charge in [0.25, 0.3) is 5.91 Å². The van der Waals surface area contributed by atoms with Crippen LogP contribution >= 0.6 is 0 Å². The third-order valence-electron chi connectivity index (χ3n) is 5.56. The van der Waals surface area contributed by atoms with Crippen LogP contribution in [0.4, 0.5) is 4.39 Å². The lowest BCUT2D eigenvalue weighted by molar-refractivity contribution is -0.142. The molecule has 1 saturated carbocycles. The van der Waals surface area contributed by atoms with Crippen LogP contribution in [0.2, 0.25) is 0 Å². The summed E-state index contributed by atoms with van der Waals surface area (Å²) >= 11 is 0. The first-order valence-corrected chi connectivity index (χ1v) is 10.6. The van der Waals surface area contributed by atoms with E-state index in [-0.39, 0.29) is 36.8 Å². The molecule has 1 N–H and O–H groups in total. The maximum Gasteiger partial charge on any atom is 0.261 e. The molecule has 2 amide bonds. The number of carbonyl (C=O) groups is 2. The second-order valence-corrected chi connectivity index (χ2v) is 7.75. The minimum atomic E-state index is -0.695. The average molecular weight is 429 g/mol. The molecule has 0 saturated heterocycles.